The Bertz CT molecular complexity index is 771. The molecule has 1 heterocycles. The number of benzene rings is 1. The molecule has 1 aliphatic heterocycles. The molecule has 0 fully saturated rings. The lowest BCUT2D eigenvalue weighted by atomic mass is 9.76. The summed E-state index contributed by atoms with van der Waals surface area (Å²) in [6.07, 6.45) is 1.94. The Kier molecular flexibility index (Phi) is 3.59. The van der Waals surface area contributed by atoms with Gasteiger partial charge in [0, 0.05) is 16.7 Å². The molecule has 1 aliphatic carbocycles. The summed E-state index contributed by atoms with van der Waals surface area (Å²) in [5, 5.41) is 10.3. The van der Waals surface area contributed by atoms with Gasteiger partial charge in [-0.2, -0.15) is 0 Å². The summed E-state index contributed by atoms with van der Waals surface area (Å²) in [6.45, 7) is 5.97. The zero-order chi connectivity index (χ0) is 16.8. The fourth-order valence-corrected chi connectivity index (χ4v) is 2.89. The van der Waals surface area contributed by atoms with Crippen LogP contribution >= 0.6 is 0 Å². The highest BCUT2D eigenvalue weighted by Crippen LogP contribution is 2.42. The number of hydrogen-bond acceptors (Lipinski definition) is 4. The number of aliphatic imine (C=N–C) groups is 1. The topological polar surface area (TPSA) is 76.0 Å². The molecule has 3 rings (SSSR count). The van der Waals surface area contributed by atoms with E-state index in [9.17, 15) is 14.7 Å². The first-order valence-electron chi connectivity index (χ1n) is 7.77. The SMILES string of the molecule is CCCCOc1ccc2c(c1)C(=O)C(O)=C1C2=NC(=O)C1(C)C. The minimum atomic E-state index is -0.983. The van der Waals surface area contributed by atoms with E-state index < -0.39 is 17.0 Å². The molecule has 5 heteroatoms. The standard InChI is InChI=1S/C18H19NO4/c1-4-5-8-23-10-6-7-11-12(9-10)15(20)16(21)13-14(11)19-17(22)18(13,2)3/h6-7,9,21H,4-5,8H2,1-3H3. The van der Waals surface area contributed by atoms with Crippen LogP contribution in [0.3, 0.4) is 0 Å². The Hall–Kier alpha value is -2.43. The van der Waals surface area contributed by atoms with Crippen molar-refractivity contribution in [3.63, 3.8) is 0 Å². The summed E-state index contributed by atoms with van der Waals surface area (Å²) < 4.78 is 5.61. The van der Waals surface area contributed by atoms with Gasteiger partial charge >= 0.3 is 0 Å². The number of aliphatic hydroxyl groups is 1. The number of carbonyl (C=O) groups is 2. The number of ketones is 1. The smallest absolute Gasteiger partial charge is 0.256 e. The van der Waals surface area contributed by atoms with Gasteiger partial charge in [0.25, 0.3) is 5.91 Å². The molecule has 2 aliphatic rings. The van der Waals surface area contributed by atoms with Crippen molar-refractivity contribution in [3.05, 3.63) is 40.7 Å². The number of carbonyl (C=O) groups excluding carboxylic acids is 2. The zero-order valence-corrected chi connectivity index (χ0v) is 13.5. The van der Waals surface area contributed by atoms with Crippen molar-refractivity contribution < 1.29 is 19.4 Å². The number of allylic oxidation sites excluding steroid dienone is 1. The van der Waals surface area contributed by atoms with E-state index in [0.29, 0.717) is 34.8 Å². The lowest BCUT2D eigenvalue weighted by molar-refractivity contribution is -0.123. The number of unbranched alkanes of at least 4 members (excludes halogenated alkanes) is 1. The molecule has 0 saturated heterocycles. The van der Waals surface area contributed by atoms with Crippen molar-refractivity contribution >= 4 is 17.4 Å². The summed E-state index contributed by atoms with van der Waals surface area (Å²) in [5.41, 5.74) is 0.629. The average Bonchev–Trinajstić information content (AvgIpc) is 2.75. The van der Waals surface area contributed by atoms with Crippen molar-refractivity contribution in [2.24, 2.45) is 10.4 Å². The largest absolute Gasteiger partial charge is 0.504 e. The van der Waals surface area contributed by atoms with Crippen LogP contribution < -0.4 is 4.74 Å². The highest BCUT2D eigenvalue weighted by molar-refractivity contribution is 6.34. The van der Waals surface area contributed by atoms with Crippen LogP contribution in [0, 0.1) is 5.41 Å². The Morgan fingerprint density at radius 1 is 1.22 bits per heavy atom. The molecule has 120 valence electrons. The third-order valence-corrected chi connectivity index (χ3v) is 4.32. The second-order valence-electron chi connectivity index (χ2n) is 6.35. The van der Waals surface area contributed by atoms with Crippen LogP contribution in [-0.4, -0.2) is 29.1 Å². The van der Waals surface area contributed by atoms with E-state index in [1.807, 2.05) is 0 Å². The van der Waals surface area contributed by atoms with Crippen LogP contribution in [0.5, 0.6) is 5.75 Å². The number of hydrogen-bond donors (Lipinski definition) is 1. The number of fused-ring (bicyclic) bond motifs is 3. The summed E-state index contributed by atoms with van der Waals surface area (Å²) in [4.78, 5) is 28.7. The van der Waals surface area contributed by atoms with Gasteiger partial charge in [-0.1, -0.05) is 13.3 Å². The van der Waals surface area contributed by atoms with E-state index in [0.717, 1.165) is 12.8 Å². The third-order valence-electron chi connectivity index (χ3n) is 4.32. The third kappa shape index (κ3) is 2.27. The summed E-state index contributed by atoms with van der Waals surface area (Å²) in [6, 6.07) is 5.10. The molecule has 23 heavy (non-hydrogen) atoms. The van der Waals surface area contributed by atoms with Gasteiger partial charge < -0.3 is 9.84 Å². The molecule has 0 unspecified atom stereocenters. The van der Waals surface area contributed by atoms with Gasteiger partial charge in [-0.3, -0.25) is 9.59 Å². The number of amides is 1. The molecule has 0 radical (unpaired) electrons. The van der Waals surface area contributed by atoms with Gasteiger partial charge in [-0.05, 0) is 38.5 Å². The van der Waals surface area contributed by atoms with Crippen molar-refractivity contribution in [2.75, 3.05) is 6.61 Å². The Morgan fingerprint density at radius 3 is 2.65 bits per heavy atom. The summed E-state index contributed by atoms with van der Waals surface area (Å²) >= 11 is 0. The summed E-state index contributed by atoms with van der Waals surface area (Å²) in [5.74, 6) is -0.653. The molecule has 0 atom stereocenters. The van der Waals surface area contributed by atoms with E-state index in [2.05, 4.69) is 11.9 Å². The highest BCUT2D eigenvalue weighted by Gasteiger charge is 2.47. The Morgan fingerprint density at radius 2 is 1.96 bits per heavy atom. The van der Waals surface area contributed by atoms with Crippen LogP contribution in [0.1, 0.15) is 49.5 Å². The quantitative estimate of drug-likeness (QED) is 0.866. The molecule has 1 aromatic carbocycles. The maximum Gasteiger partial charge on any atom is 0.256 e. The maximum absolute atomic E-state index is 12.5. The van der Waals surface area contributed by atoms with Gasteiger partial charge in [0.15, 0.2) is 5.76 Å². The average molecular weight is 313 g/mol. The van der Waals surface area contributed by atoms with Crippen molar-refractivity contribution in [1.29, 1.82) is 0 Å². The number of Topliss-reactive ketones (excluding diaryl/α,β-unsaturated/α-hetero) is 1. The minimum Gasteiger partial charge on any atom is -0.504 e. The number of aliphatic hydroxyl groups excluding tert-OH is 1. The zero-order valence-electron chi connectivity index (χ0n) is 13.5. The molecule has 1 amide bonds. The predicted molar refractivity (Wildman–Crippen MR) is 86.2 cm³/mol. The Labute approximate surface area is 134 Å². The predicted octanol–water partition coefficient (Wildman–Crippen LogP) is 3.23. The number of nitrogens with zero attached hydrogens (tertiary/aromatic N) is 1. The number of ether oxygens (including phenoxy) is 1. The normalized spacial score (nSPS) is 18.7. The van der Waals surface area contributed by atoms with Gasteiger partial charge in [0.2, 0.25) is 5.78 Å². The first-order chi connectivity index (χ1) is 10.9. The highest BCUT2D eigenvalue weighted by atomic mass is 16.5. The maximum atomic E-state index is 12.5. The van der Waals surface area contributed by atoms with E-state index in [4.69, 9.17) is 4.74 Å². The van der Waals surface area contributed by atoms with Crippen LogP contribution in [-0.2, 0) is 4.79 Å². The lowest BCUT2D eigenvalue weighted by Gasteiger charge is -2.24. The van der Waals surface area contributed by atoms with E-state index in [1.54, 1.807) is 32.0 Å². The van der Waals surface area contributed by atoms with Crippen molar-refractivity contribution in [3.8, 4) is 5.75 Å². The summed E-state index contributed by atoms with van der Waals surface area (Å²) in [7, 11) is 0. The Balaban J connectivity index is 2.06. The van der Waals surface area contributed by atoms with Crippen molar-refractivity contribution in [1.82, 2.24) is 0 Å². The van der Waals surface area contributed by atoms with Crippen LogP contribution in [0.4, 0.5) is 0 Å². The molecular formula is C18H19NO4. The fraction of sp³-hybridized carbons (Fsp3) is 0.389. The van der Waals surface area contributed by atoms with Crippen LogP contribution in [0.25, 0.3) is 0 Å². The first kappa shape index (κ1) is 15.5. The van der Waals surface area contributed by atoms with Gasteiger partial charge in [0.1, 0.15) is 5.75 Å². The molecule has 0 saturated carbocycles. The lowest BCUT2D eigenvalue weighted by Crippen LogP contribution is -2.29. The van der Waals surface area contributed by atoms with Gasteiger partial charge in [-0.25, -0.2) is 4.99 Å². The van der Waals surface area contributed by atoms with E-state index in [-0.39, 0.29) is 5.91 Å². The number of rotatable bonds is 4. The van der Waals surface area contributed by atoms with E-state index in [1.165, 1.54) is 0 Å². The van der Waals surface area contributed by atoms with Gasteiger partial charge in [0.05, 0.1) is 17.7 Å². The second-order valence-corrected chi connectivity index (χ2v) is 6.35. The second kappa shape index (κ2) is 5.33. The molecule has 0 spiro atoms. The molecule has 0 aromatic heterocycles. The minimum absolute atomic E-state index is 0.319. The van der Waals surface area contributed by atoms with Gasteiger partial charge in [-0.15, -0.1) is 0 Å². The molecule has 0 bridgehead atoms. The molecule has 1 aromatic rings. The molecule has 5 nitrogen and oxygen atoms in total. The first-order valence-corrected chi connectivity index (χ1v) is 7.77. The van der Waals surface area contributed by atoms with Crippen LogP contribution in [0.15, 0.2) is 34.5 Å². The monoisotopic (exact) mass is 313 g/mol. The van der Waals surface area contributed by atoms with Crippen LogP contribution in [0.2, 0.25) is 0 Å². The van der Waals surface area contributed by atoms with Crippen molar-refractivity contribution in [2.45, 2.75) is 33.6 Å². The fourth-order valence-electron chi connectivity index (χ4n) is 2.89. The van der Waals surface area contributed by atoms with E-state index >= 15 is 0 Å². The molecular weight excluding hydrogens is 294 g/mol. The molecule has 1 N–H and O–H groups in total.